The molecule has 4 nitrogen and oxygen atoms in total. The largest absolute Gasteiger partial charge is 0.444 e. The van der Waals surface area contributed by atoms with Crippen LogP contribution in [0.3, 0.4) is 0 Å². The van der Waals surface area contributed by atoms with Gasteiger partial charge in [0.2, 0.25) is 0 Å². The van der Waals surface area contributed by atoms with E-state index in [1.807, 2.05) is 24.3 Å². The summed E-state index contributed by atoms with van der Waals surface area (Å²) in [6.07, 6.45) is -0.170. The lowest BCUT2D eigenvalue weighted by molar-refractivity contribution is 0.0529. The van der Waals surface area contributed by atoms with E-state index in [0.717, 1.165) is 0 Å². The number of alkyl carbamates (subject to hydrolysis) is 1. The van der Waals surface area contributed by atoms with Gasteiger partial charge in [0.05, 0.1) is 12.5 Å². The maximum atomic E-state index is 10.9. The Morgan fingerprint density at radius 2 is 1.89 bits per heavy atom. The van der Waals surface area contributed by atoms with Crippen molar-refractivity contribution >= 4 is 6.09 Å². The van der Waals surface area contributed by atoms with Crippen molar-refractivity contribution in [3.63, 3.8) is 0 Å². The van der Waals surface area contributed by atoms with Gasteiger partial charge < -0.3 is 10.1 Å². The molecule has 0 aliphatic carbocycles. The minimum Gasteiger partial charge on any atom is -0.444 e. The van der Waals surface area contributed by atoms with Gasteiger partial charge in [-0.05, 0) is 27.7 Å². The molecule has 0 bridgehead atoms. The molecule has 1 aromatic rings. The Balaban J connectivity index is 0.000000388. The van der Waals surface area contributed by atoms with E-state index in [9.17, 15) is 4.79 Å². The first-order valence-electron chi connectivity index (χ1n) is 6.20. The highest BCUT2D eigenvalue weighted by Gasteiger charge is 2.15. The summed E-state index contributed by atoms with van der Waals surface area (Å²) < 4.78 is 4.92. The lowest BCUT2D eigenvalue weighted by atomic mass is 10.2. The Morgan fingerprint density at radius 1 is 1.32 bits per heavy atom. The number of carbonyl (C=O) groups excluding carboxylic acids is 1. The van der Waals surface area contributed by atoms with Crippen molar-refractivity contribution in [1.29, 1.82) is 5.26 Å². The highest BCUT2D eigenvalue weighted by atomic mass is 16.6. The summed E-state index contributed by atoms with van der Waals surface area (Å²) in [7, 11) is 0. The molecule has 104 valence electrons. The van der Waals surface area contributed by atoms with Crippen LogP contribution < -0.4 is 5.32 Å². The molecule has 0 saturated heterocycles. The van der Waals surface area contributed by atoms with Crippen molar-refractivity contribution in [3.8, 4) is 6.07 Å². The minimum absolute atomic E-state index is 0.305. The van der Waals surface area contributed by atoms with Crippen molar-refractivity contribution < 1.29 is 9.53 Å². The van der Waals surface area contributed by atoms with E-state index in [4.69, 9.17) is 10.00 Å². The number of rotatable bonds is 2. The van der Waals surface area contributed by atoms with E-state index < -0.39 is 11.7 Å². The van der Waals surface area contributed by atoms with Gasteiger partial charge in [-0.1, -0.05) is 35.9 Å². The minimum atomic E-state index is -0.475. The van der Waals surface area contributed by atoms with Gasteiger partial charge in [-0.3, -0.25) is 0 Å². The van der Waals surface area contributed by atoms with Crippen LogP contribution in [0.5, 0.6) is 0 Å². The maximum Gasteiger partial charge on any atom is 0.407 e. The average Bonchev–Trinajstić information content (AvgIpc) is 2.29. The molecular weight excluding hydrogens is 240 g/mol. The fourth-order valence-corrected chi connectivity index (χ4v) is 1.07. The van der Waals surface area contributed by atoms with Crippen molar-refractivity contribution in [3.05, 3.63) is 35.9 Å². The SMILES string of the molecule is CC(C)(C)OC(=O)NCCC#N.Cc1ccccc1. The standard InChI is InChI=1S/C8H14N2O2.C7H8/c1-8(2,3)12-7(11)10-6-4-5-9;1-7-5-3-2-4-6-7/h4,6H2,1-3H3,(H,10,11);2-6H,1H3. The molecule has 0 heterocycles. The summed E-state index contributed by atoms with van der Waals surface area (Å²) in [5, 5.41) is 10.6. The van der Waals surface area contributed by atoms with Gasteiger partial charge in [-0.15, -0.1) is 0 Å². The molecule has 0 aromatic heterocycles. The first-order chi connectivity index (χ1) is 8.85. The number of benzene rings is 1. The third kappa shape index (κ3) is 12.2. The van der Waals surface area contributed by atoms with Crippen LogP contribution in [0, 0.1) is 18.3 Å². The molecule has 1 rings (SSSR count). The van der Waals surface area contributed by atoms with Gasteiger partial charge in [-0.2, -0.15) is 5.26 Å². The topological polar surface area (TPSA) is 62.1 Å². The molecule has 4 heteroatoms. The summed E-state index contributed by atoms with van der Waals surface area (Å²) in [6, 6.07) is 12.2. The molecule has 0 fully saturated rings. The predicted octanol–water partition coefficient (Wildman–Crippen LogP) is 3.42. The smallest absolute Gasteiger partial charge is 0.407 e. The van der Waals surface area contributed by atoms with E-state index in [1.54, 1.807) is 20.8 Å². The van der Waals surface area contributed by atoms with E-state index >= 15 is 0 Å². The zero-order chi connectivity index (χ0) is 14.7. The van der Waals surface area contributed by atoms with Gasteiger partial charge >= 0.3 is 6.09 Å². The summed E-state index contributed by atoms with van der Waals surface area (Å²) in [5.74, 6) is 0. The molecule has 0 saturated carbocycles. The number of ether oxygens (including phenoxy) is 1. The number of carbonyl (C=O) groups is 1. The second-order valence-electron chi connectivity index (χ2n) is 4.99. The molecule has 0 radical (unpaired) electrons. The van der Waals surface area contributed by atoms with Gasteiger partial charge in [0, 0.05) is 6.54 Å². The van der Waals surface area contributed by atoms with Gasteiger partial charge in [0.15, 0.2) is 0 Å². The van der Waals surface area contributed by atoms with E-state index in [2.05, 4.69) is 24.4 Å². The van der Waals surface area contributed by atoms with Crippen LogP contribution >= 0.6 is 0 Å². The molecule has 1 amide bonds. The second kappa shape index (κ2) is 8.98. The molecule has 0 spiro atoms. The first-order valence-corrected chi connectivity index (χ1v) is 6.20. The van der Waals surface area contributed by atoms with Crippen LogP contribution in [0.4, 0.5) is 4.79 Å². The number of nitrogens with one attached hydrogen (secondary N) is 1. The summed E-state index contributed by atoms with van der Waals surface area (Å²) in [6.45, 7) is 7.79. The van der Waals surface area contributed by atoms with Crippen LogP contribution in [0.25, 0.3) is 0 Å². The predicted molar refractivity (Wildman–Crippen MR) is 75.6 cm³/mol. The zero-order valence-corrected chi connectivity index (χ0v) is 12.1. The number of hydrogen-bond acceptors (Lipinski definition) is 3. The van der Waals surface area contributed by atoms with Gasteiger partial charge in [-0.25, -0.2) is 4.79 Å². The Bertz CT molecular complexity index is 402. The van der Waals surface area contributed by atoms with E-state index in [0.29, 0.717) is 13.0 Å². The number of aryl methyl sites for hydroxylation is 1. The Morgan fingerprint density at radius 3 is 2.26 bits per heavy atom. The third-order valence-electron chi connectivity index (χ3n) is 1.85. The molecular formula is C15H22N2O2. The molecule has 19 heavy (non-hydrogen) atoms. The van der Waals surface area contributed by atoms with Crippen molar-refractivity contribution in [2.24, 2.45) is 0 Å². The summed E-state index contributed by atoms with van der Waals surface area (Å²) in [5.41, 5.74) is 0.846. The molecule has 0 unspecified atom stereocenters. The van der Waals surface area contributed by atoms with Crippen LogP contribution in [0.2, 0.25) is 0 Å². The van der Waals surface area contributed by atoms with Crippen molar-refractivity contribution in [2.45, 2.75) is 39.7 Å². The quantitative estimate of drug-likeness (QED) is 0.831. The van der Waals surface area contributed by atoms with Gasteiger partial charge in [0.25, 0.3) is 0 Å². The van der Waals surface area contributed by atoms with Crippen LogP contribution in [-0.2, 0) is 4.74 Å². The second-order valence-corrected chi connectivity index (χ2v) is 4.99. The summed E-state index contributed by atoms with van der Waals surface area (Å²) >= 11 is 0. The highest BCUT2D eigenvalue weighted by molar-refractivity contribution is 5.67. The zero-order valence-electron chi connectivity index (χ0n) is 12.1. The van der Waals surface area contributed by atoms with E-state index in [1.165, 1.54) is 5.56 Å². The van der Waals surface area contributed by atoms with E-state index in [-0.39, 0.29) is 0 Å². The van der Waals surface area contributed by atoms with Crippen LogP contribution in [0.15, 0.2) is 30.3 Å². The number of nitrogens with zero attached hydrogens (tertiary/aromatic N) is 1. The average molecular weight is 262 g/mol. The fourth-order valence-electron chi connectivity index (χ4n) is 1.07. The van der Waals surface area contributed by atoms with Crippen molar-refractivity contribution in [1.82, 2.24) is 5.32 Å². The molecule has 0 atom stereocenters. The molecule has 0 aliphatic heterocycles. The fraction of sp³-hybridized carbons (Fsp3) is 0.467. The monoisotopic (exact) mass is 262 g/mol. The molecule has 0 aliphatic rings. The molecule has 1 N–H and O–H groups in total. The van der Waals surface area contributed by atoms with Gasteiger partial charge in [0.1, 0.15) is 5.60 Å². The van der Waals surface area contributed by atoms with Crippen LogP contribution in [0.1, 0.15) is 32.8 Å². The maximum absolute atomic E-state index is 10.9. The lowest BCUT2D eigenvalue weighted by Gasteiger charge is -2.19. The first kappa shape index (κ1) is 17.0. The normalized spacial score (nSPS) is 9.63. The number of amides is 1. The Kier molecular flexibility index (Phi) is 8.03. The number of hydrogen-bond donors (Lipinski definition) is 1. The summed E-state index contributed by atoms with van der Waals surface area (Å²) in [4.78, 5) is 10.9. The third-order valence-corrected chi connectivity index (χ3v) is 1.85. The Labute approximate surface area is 115 Å². The van der Waals surface area contributed by atoms with Crippen LogP contribution in [-0.4, -0.2) is 18.2 Å². The highest BCUT2D eigenvalue weighted by Crippen LogP contribution is 2.06. The lowest BCUT2D eigenvalue weighted by Crippen LogP contribution is -2.32. The van der Waals surface area contributed by atoms with Crippen molar-refractivity contribution in [2.75, 3.05) is 6.54 Å². The number of nitriles is 1. The molecule has 1 aromatic carbocycles. The Hall–Kier alpha value is -2.02.